The van der Waals surface area contributed by atoms with E-state index >= 15 is 0 Å². The van der Waals surface area contributed by atoms with Crippen LogP contribution in [0, 0.1) is 6.92 Å². The molecule has 0 saturated carbocycles. The summed E-state index contributed by atoms with van der Waals surface area (Å²) in [7, 11) is 0. The molecule has 1 aromatic carbocycles. The van der Waals surface area contributed by atoms with Gasteiger partial charge in [0.1, 0.15) is 0 Å². The smallest absolute Gasteiger partial charge is 0.238 e. The van der Waals surface area contributed by atoms with E-state index in [9.17, 15) is 0 Å². The molecule has 2 heterocycles. The van der Waals surface area contributed by atoms with E-state index < -0.39 is 0 Å². The number of aromatic nitrogens is 2. The van der Waals surface area contributed by atoms with Crippen molar-refractivity contribution in [3.8, 4) is 0 Å². The molecule has 0 spiro atoms. The molecule has 1 aromatic heterocycles. The van der Waals surface area contributed by atoms with Gasteiger partial charge in [-0.15, -0.1) is 4.68 Å². The fourth-order valence-electron chi connectivity index (χ4n) is 2.23. The lowest BCUT2D eigenvalue weighted by molar-refractivity contribution is -0.734. The SMILES string of the molecule is Cc1cccc2c1cn1[n+]2CCC1.[Cl-]. The maximum absolute atomic E-state index is 2.38. The Balaban J connectivity index is 0.000000750. The average molecular weight is 209 g/mol. The molecular formula is C11H13ClN2. The van der Waals surface area contributed by atoms with Gasteiger partial charge < -0.3 is 12.4 Å². The van der Waals surface area contributed by atoms with Gasteiger partial charge in [0, 0.05) is 12.5 Å². The molecule has 0 aliphatic carbocycles. The zero-order valence-electron chi connectivity index (χ0n) is 8.20. The molecule has 0 radical (unpaired) electrons. The summed E-state index contributed by atoms with van der Waals surface area (Å²) in [6, 6.07) is 6.53. The number of fused-ring (bicyclic) bond motifs is 3. The highest BCUT2D eigenvalue weighted by atomic mass is 35.5. The molecule has 2 aromatic rings. The molecule has 0 bridgehead atoms. The largest absolute Gasteiger partial charge is 1.00 e. The van der Waals surface area contributed by atoms with Gasteiger partial charge in [-0.3, -0.25) is 0 Å². The van der Waals surface area contributed by atoms with Gasteiger partial charge in [0.15, 0.2) is 6.54 Å². The molecular weight excluding hydrogens is 196 g/mol. The Morgan fingerprint density at radius 2 is 2.21 bits per heavy atom. The van der Waals surface area contributed by atoms with Gasteiger partial charge in [-0.2, -0.15) is 4.68 Å². The third kappa shape index (κ3) is 1.14. The van der Waals surface area contributed by atoms with Crippen LogP contribution in [0.15, 0.2) is 24.4 Å². The summed E-state index contributed by atoms with van der Waals surface area (Å²) in [4.78, 5) is 0. The van der Waals surface area contributed by atoms with Gasteiger partial charge in [-0.05, 0) is 12.5 Å². The molecule has 0 amide bonds. The quantitative estimate of drug-likeness (QED) is 0.474. The third-order valence-electron chi connectivity index (χ3n) is 2.92. The topological polar surface area (TPSA) is 8.81 Å². The van der Waals surface area contributed by atoms with Crippen molar-refractivity contribution in [2.45, 2.75) is 26.4 Å². The fourth-order valence-corrected chi connectivity index (χ4v) is 2.23. The summed E-state index contributed by atoms with van der Waals surface area (Å²) >= 11 is 0. The lowest BCUT2D eigenvalue weighted by Crippen LogP contribution is -3.00. The first-order chi connectivity index (χ1) is 6.36. The van der Waals surface area contributed by atoms with Crippen LogP contribution in [0.25, 0.3) is 10.9 Å². The van der Waals surface area contributed by atoms with Crippen LogP contribution < -0.4 is 17.1 Å². The second-order valence-corrected chi connectivity index (χ2v) is 3.78. The van der Waals surface area contributed by atoms with Crippen molar-refractivity contribution in [3.63, 3.8) is 0 Å². The Morgan fingerprint density at radius 3 is 3.07 bits per heavy atom. The van der Waals surface area contributed by atoms with E-state index in [0.717, 1.165) is 0 Å². The summed E-state index contributed by atoms with van der Waals surface area (Å²) in [6.45, 7) is 4.53. The first-order valence-electron chi connectivity index (χ1n) is 4.85. The van der Waals surface area contributed by atoms with E-state index in [2.05, 4.69) is 40.7 Å². The number of halogens is 1. The zero-order chi connectivity index (χ0) is 8.84. The summed E-state index contributed by atoms with van der Waals surface area (Å²) in [5, 5.41) is 1.40. The Morgan fingerprint density at radius 1 is 1.36 bits per heavy atom. The Hall–Kier alpha value is -1.02. The number of benzene rings is 1. The number of aryl methyl sites for hydroxylation is 3. The normalized spacial score (nSPS) is 14.1. The van der Waals surface area contributed by atoms with E-state index in [1.165, 1.54) is 36.0 Å². The number of nitrogens with zero attached hydrogens (tertiary/aromatic N) is 2. The monoisotopic (exact) mass is 208 g/mol. The molecule has 3 heteroatoms. The Labute approximate surface area is 89.5 Å². The molecule has 0 atom stereocenters. The predicted molar refractivity (Wildman–Crippen MR) is 51.5 cm³/mol. The van der Waals surface area contributed by atoms with Crippen molar-refractivity contribution in [2.24, 2.45) is 0 Å². The van der Waals surface area contributed by atoms with E-state index in [0.29, 0.717) is 0 Å². The van der Waals surface area contributed by atoms with Gasteiger partial charge in [0.05, 0.1) is 18.1 Å². The van der Waals surface area contributed by atoms with Crippen molar-refractivity contribution in [2.75, 3.05) is 0 Å². The molecule has 74 valence electrons. The zero-order valence-corrected chi connectivity index (χ0v) is 8.96. The van der Waals surface area contributed by atoms with Gasteiger partial charge in [-0.1, -0.05) is 12.1 Å². The standard InChI is InChI=1S/C11H13N2.ClH/c1-9-4-2-5-11-10(9)8-12-6-3-7-13(11)12;/h2,4-5,8H,3,6-7H2,1H3;1H/q+1;/p-1. The minimum absolute atomic E-state index is 0. The van der Waals surface area contributed by atoms with E-state index in [1.54, 1.807) is 0 Å². The number of rotatable bonds is 0. The maximum atomic E-state index is 2.38. The molecule has 1 aliphatic rings. The van der Waals surface area contributed by atoms with Crippen LogP contribution in [-0.2, 0) is 13.1 Å². The van der Waals surface area contributed by atoms with Crippen molar-refractivity contribution < 1.29 is 17.1 Å². The van der Waals surface area contributed by atoms with Crippen molar-refractivity contribution in [3.05, 3.63) is 30.0 Å². The second-order valence-electron chi connectivity index (χ2n) is 3.78. The number of hydrogen-bond donors (Lipinski definition) is 0. The highest BCUT2D eigenvalue weighted by Gasteiger charge is 2.22. The molecule has 0 N–H and O–H groups in total. The number of hydrogen-bond acceptors (Lipinski definition) is 0. The van der Waals surface area contributed by atoms with Crippen LogP contribution in [0.1, 0.15) is 12.0 Å². The van der Waals surface area contributed by atoms with Crippen molar-refractivity contribution in [1.82, 2.24) is 4.68 Å². The predicted octanol–water partition coefficient (Wildman–Crippen LogP) is -1.36. The maximum Gasteiger partial charge on any atom is 0.238 e. The van der Waals surface area contributed by atoms with Gasteiger partial charge >= 0.3 is 0 Å². The van der Waals surface area contributed by atoms with E-state index in [1.807, 2.05) is 0 Å². The van der Waals surface area contributed by atoms with Crippen molar-refractivity contribution >= 4 is 10.9 Å². The van der Waals surface area contributed by atoms with Crippen LogP contribution in [0.3, 0.4) is 0 Å². The summed E-state index contributed by atoms with van der Waals surface area (Å²) < 4.78 is 4.71. The minimum atomic E-state index is 0. The first kappa shape index (κ1) is 9.53. The minimum Gasteiger partial charge on any atom is -1.00 e. The molecule has 0 unspecified atom stereocenters. The van der Waals surface area contributed by atoms with Gasteiger partial charge in [0.2, 0.25) is 5.52 Å². The first-order valence-corrected chi connectivity index (χ1v) is 4.85. The average Bonchev–Trinajstić information content (AvgIpc) is 2.65. The lowest BCUT2D eigenvalue weighted by Gasteiger charge is -1.90. The lowest BCUT2D eigenvalue weighted by atomic mass is 10.1. The second kappa shape index (κ2) is 3.28. The molecule has 1 aliphatic heterocycles. The summed E-state index contributed by atoms with van der Waals surface area (Å²) in [5.41, 5.74) is 2.77. The van der Waals surface area contributed by atoms with Crippen LogP contribution in [-0.4, -0.2) is 4.68 Å². The molecule has 14 heavy (non-hydrogen) atoms. The highest BCUT2D eigenvalue weighted by Crippen LogP contribution is 2.17. The van der Waals surface area contributed by atoms with Crippen LogP contribution in [0.2, 0.25) is 0 Å². The Kier molecular flexibility index (Phi) is 2.23. The van der Waals surface area contributed by atoms with Crippen LogP contribution in [0.4, 0.5) is 0 Å². The molecule has 3 rings (SSSR count). The van der Waals surface area contributed by atoms with Gasteiger partial charge in [-0.25, -0.2) is 0 Å². The Bertz CT molecular complexity index is 473. The van der Waals surface area contributed by atoms with Crippen LogP contribution in [0.5, 0.6) is 0 Å². The van der Waals surface area contributed by atoms with E-state index in [4.69, 9.17) is 0 Å². The summed E-state index contributed by atoms with van der Waals surface area (Å²) in [5.74, 6) is 0. The van der Waals surface area contributed by atoms with Crippen molar-refractivity contribution in [1.29, 1.82) is 0 Å². The summed E-state index contributed by atoms with van der Waals surface area (Å²) in [6.07, 6.45) is 3.56. The van der Waals surface area contributed by atoms with Crippen LogP contribution >= 0.6 is 0 Å². The third-order valence-corrected chi connectivity index (χ3v) is 2.92. The molecule has 0 saturated heterocycles. The van der Waals surface area contributed by atoms with Gasteiger partial charge in [0.25, 0.3) is 0 Å². The highest BCUT2D eigenvalue weighted by molar-refractivity contribution is 5.78. The fraction of sp³-hybridized carbons (Fsp3) is 0.364. The van der Waals surface area contributed by atoms with E-state index in [-0.39, 0.29) is 12.4 Å². The molecule has 2 nitrogen and oxygen atoms in total. The molecule has 0 fully saturated rings.